The van der Waals surface area contributed by atoms with E-state index in [1.54, 1.807) is 0 Å². The number of hydrogen-bond acceptors (Lipinski definition) is 3. The lowest BCUT2D eigenvalue weighted by molar-refractivity contribution is -0.147. The predicted octanol–water partition coefficient (Wildman–Crippen LogP) is 1.37. The van der Waals surface area contributed by atoms with Crippen LogP contribution in [0.4, 0.5) is 4.79 Å². The van der Waals surface area contributed by atoms with Crippen LogP contribution < -0.4 is 5.32 Å². The third kappa shape index (κ3) is 3.96. The summed E-state index contributed by atoms with van der Waals surface area (Å²) in [6.07, 6.45) is 7.84. The zero-order chi connectivity index (χ0) is 14.4. The van der Waals surface area contributed by atoms with Crippen LogP contribution in [-0.4, -0.2) is 54.4 Å². The molecule has 1 unspecified atom stereocenters. The molecular formula is C14H22N2O4. The second-order valence-corrected chi connectivity index (χ2v) is 5.21. The van der Waals surface area contributed by atoms with Gasteiger partial charge in [0, 0.05) is 13.1 Å². The van der Waals surface area contributed by atoms with Crippen molar-refractivity contribution in [2.75, 3.05) is 26.3 Å². The first-order valence-corrected chi connectivity index (χ1v) is 7.21. The number of carboxylic acids is 1. The Morgan fingerprint density at radius 1 is 1.45 bits per heavy atom. The standard InChI is InChI=1S/C14H22N2O4/c17-13(18)12-10-20-9-8-16(12)14(19)15-7-6-11-4-2-1-3-5-11/h4,12H,1-3,5-10H2,(H,15,19)(H,17,18). The van der Waals surface area contributed by atoms with Crippen molar-refractivity contribution in [3.8, 4) is 0 Å². The van der Waals surface area contributed by atoms with Crippen LogP contribution in [0.2, 0.25) is 0 Å². The highest BCUT2D eigenvalue weighted by Gasteiger charge is 2.32. The molecule has 0 aromatic carbocycles. The Morgan fingerprint density at radius 2 is 2.30 bits per heavy atom. The third-order valence-corrected chi connectivity index (χ3v) is 3.78. The van der Waals surface area contributed by atoms with E-state index in [-0.39, 0.29) is 12.6 Å². The van der Waals surface area contributed by atoms with Crippen LogP contribution in [0, 0.1) is 0 Å². The van der Waals surface area contributed by atoms with Gasteiger partial charge in [0.05, 0.1) is 13.2 Å². The van der Waals surface area contributed by atoms with Gasteiger partial charge >= 0.3 is 12.0 Å². The van der Waals surface area contributed by atoms with Gasteiger partial charge in [-0.1, -0.05) is 11.6 Å². The van der Waals surface area contributed by atoms with Gasteiger partial charge in [0.1, 0.15) is 0 Å². The summed E-state index contributed by atoms with van der Waals surface area (Å²) in [6, 6.07) is -1.19. The molecule has 6 heteroatoms. The minimum atomic E-state index is -1.02. The number of nitrogens with one attached hydrogen (secondary N) is 1. The number of rotatable bonds is 4. The van der Waals surface area contributed by atoms with E-state index in [2.05, 4.69) is 11.4 Å². The van der Waals surface area contributed by atoms with Crippen LogP contribution in [-0.2, 0) is 9.53 Å². The van der Waals surface area contributed by atoms with Gasteiger partial charge in [-0.3, -0.25) is 0 Å². The summed E-state index contributed by atoms with van der Waals surface area (Å²) in [7, 11) is 0. The highest BCUT2D eigenvalue weighted by atomic mass is 16.5. The topological polar surface area (TPSA) is 78.9 Å². The molecule has 2 N–H and O–H groups in total. The molecule has 20 heavy (non-hydrogen) atoms. The molecule has 2 rings (SSSR count). The van der Waals surface area contributed by atoms with E-state index in [1.165, 1.54) is 23.3 Å². The maximum absolute atomic E-state index is 12.0. The van der Waals surface area contributed by atoms with Crippen LogP contribution in [0.1, 0.15) is 32.1 Å². The van der Waals surface area contributed by atoms with Crippen LogP contribution in [0.25, 0.3) is 0 Å². The lowest BCUT2D eigenvalue weighted by atomic mass is 9.97. The zero-order valence-electron chi connectivity index (χ0n) is 11.6. The van der Waals surface area contributed by atoms with Gasteiger partial charge in [-0.05, 0) is 32.1 Å². The van der Waals surface area contributed by atoms with Gasteiger partial charge in [-0.25, -0.2) is 9.59 Å². The molecule has 2 amide bonds. The zero-order valence-corrected chi connectivity index (χ0v) is 11.6. The van der Waals surface area contributed by atoms with Crippen LogP contribution in [0.15, 0.2) is 11.6 Å². The predicted molar refractivity (Wildman–Crippen MR) is 73.5 cm³/mol. The molecule has 1 atom stereocenters. The summed E-state index contributed by atoms with van der Waals surface area (Å²) in [5, 5.41) is 11.9. The highest BCUT2D eigenvalue weighted by Crippen LogP contribution is 2.19. The van der Waals surface area contributed by atoms with E-state index < -0.39 is 12.0 Å². The quantitative estimate of drug-likeness (QED) is 0.763. The molecule has 0 bridgehead atoms. The minimum Gasteiger partial charge on any atom is -0.480 e. The van der Waals surface area contributed by atoms with Gasteiger partial charge in [0.2, 0.25) is 0 Å². The Bertz CT molecular complexity index is 395. The molecule has 1 saturated heterocycles. The average Bonchev–Trinajstić information content (AvgIpc) is 2.48. The SMILES string of the molecule is O=C(O)C1COCCN1C(=O)NCCC1=CCCCC1. The molecule has 1 fully saturated rings. The number of morpholine rings is 1. The fraction of sp³-hybridized carbons (Fsp3) is 0.714. The number of carbonyl (C=O) groups excluding carboxylic acids is 1. The second kappa shape index (κ2) is 7.28. The summed E-state index contributed by atoms with van der Waals surface area (Å²) < 4.78 is 5.11. The molecule has 1 aliphatic carbocycles. The minimum absolute atomic E-state index is 0.0634. The monoisotopic (exact) mass is 282 g/mol. The van der Waals surface area contributed by atoms with Crippen molar-refractivity contribution in [3.05, 3.63) is 11.6 Å². The Hall–Kier alpha value is -1.56. The maximum atomic E-state index is 12.0. The van der Waals surface area contributed by atoms with E-state index in [0.29, 0.717) is 19.7 Å². The Kier molecular flexibility index (Phi) is 5.40. The summed E-state index contributed by atoms with van der Waals surface area (Å²) in [5.74, 6) is -1.02. The summed E-state index contributed by atoms with van der Waals surface area (Å²) in [5.41, 5.74) is 1.40. The average molecular weight is 282 g/mol. The van der Waals surface area contributed by atoms with E-state index in [0.717, 1.165) is 19.3 Å². The van der Waals surface area contributed by atoms with Crippen molar-refractivity contribution in [3.63, 3.8) is 0 Å². The molecule has 0 spiro atoms. The summed E-state index contributed by atoms with van der Waals surface area (Å²) in [6.45, 7) is 1.34. The molecular weight excluding hydrogens is 260 g/mol. The fourth-order valence-corrected chi connectivity index (χ4v) is 2.61. The van der Waals surface area contributed by atoms with Crippen LogP contribution in [0.3, 0.4) is 0 Å². The number of hydrogen-bond donors (Lipinski definition) is 2. The molecule has 0 radical (unpaired) electrons. The molecule has 6 nitrogen and oxygen atoms in total. The fourth-order valence-electron chi connectivity index (χ4n) is 2.61. The van der Waals surface area contributed by atoms with Crippen LogP contribution >= 0.6 is 0 Å². The third-order valence-electron chi connectivity index (χ3n) is 3.78. The second-order valence-electron chi connectivity index (χ2n) is 5.21. The first kappa shape index (κ1) is 14.8. The van der Waals surface area contributed by atoms with Gasteiger partial charge < -0.3 is 20.1 Å². The largest absolute Gasteiger partial charge is 0.480 e. The number of urea groups is 1. The molecule has 0 aromatic heterocycles. The van der Waals surface area contributed by atoms with E-state index in [9.17, 15) is 9.59 Å². The molecule has 1 heterocycles. The first-order valence-electron chi connectivity index (χ1n) is 7.21. The first-order chi connectivity index (χ1) is 9.68. The van der Waals surface area contributed by atoms with Gasteiger partial charge in [0.15, 0.2) is 6.04 Å². The van der Waals surface area contributed by atoms with Crippen molar-refractivity contribution < 1.29 is 19.4 Å². The van der Waals surface area contributed by atoms with Gasteiger partial charge in [-0.2, -0.15) is 0 Å². The molecule has 0 saturated carbocycles. The Morgan fingerprint density at radius 3 is 3.00 bits per heavy atom. The Balaban J connectivity index is 1.78. The van der Waals surface area contributed by atoms with Crippen molar-refractivity contribution in [2.45, 2.75) is 38.1 Å². The smallest absolute Gasteiger partial charge is 0.328 e. The number of ether oxygens (including phenoxy) is 1. The molecule has 0 aromatic rings. The number of aliphatic carboxylic acids is 1. The van der Waals surface area contributed by atoms with Crippen molar-refractivity contribution in [1.82, 2.24) is 10.2 Å². The number of nitrogens with zero attached hydrogens (tertiary/aromatic N) is 1. The van der Waals surface area contributed by atoms with Crippen molar-refractivity contribution >= 4 is 12.0 Å². The molecule has 112 valence electrons. The molecule has 1 aliphatic heterocycles. The van der Waals surface area contributed by atoms with Gasteiger partial charge in [-0.15, -0.1) is 0 Å². The summed E-state index contributed by atoms with van der Waals surface area (Å²) >= 11 is 0. The summed E-state index contributed by atoms with van der Waals surface area (Å²) in [4.78, 5) is 24.5. The highest BCUT2D eigenvalue weighted by molar-refractivity contribution is 5.83. The molecule has 2 aliphatic rings. The normalized spacial score (nSPS) is 23.1. The van der Waals surface area contributed by atoms with E-state index in [4.69, 9.17) is 9.84 Å². The van der Waals surface area contributed by atoms with Gasteiger partial charge in [0.25, 0.3) is 0 Å². The lowest BCUT2D eigenvalue weighted by Crippen LogP contribution is -2.55. The van der Waals surface area contributed by atoms with Crippen LogP contribution in [0.5, 0.6) is 0 Å². The number of allylic oxidation sites excluding steroid dienone is 1. The van der Waals surface area contributed by atoms with Crippen molar-refractivity contribution in [2.24, 2.45) is 0 Å². The lowest BCUT2D eigenvalue weighted by Gasteiger charge is -2.32. The Labute approximate surface area is 118 Å². The maximum Gasteiger partial charge on any atom is 0.328 e. The number of amides is 2. The number of carboxylic acid groups (broad SMARTS) is 1. The number of carbonyl (C=O) groups is 2. The van der Waals surface area contributed by atoms with E-state index in [1.807, 2.05) is 0 Å². The van der Waals surface area contributed by atoms with E-state index >= 15 is 0 Å². The van der Waals surface area contributed by atoms with Crippen molar-refractivity contribution in [1.29, 1.82) is 0 Å².